The van der Waals surface area contributed by atoms with E-state index in [2.05, 4.69) is 4.90 Å². The van der Waals surface area contributed by atoms with Crippen LogP contribution in [0.5, 0.6) is 0 Å². The number of hydrogen-bond acceptors (Lipinski definition) is 4. The molecule has 0 atom stereocenters. The van der Waals surface area contributed by atoms with E-state index < -0.39 is 5.63 Å². The van der Waals surface area contributed by atoms with Gasteiger partial charge in [0.05, 0.1) is 5.69 Å². The molecule has 2 heterocycles. The fourth-order valence-electron chi connectivity index (χ4n) is 3.10. The van der Waals surface area contributed by atoms with Gasteiger partial charge in [0.2, 0.25) is 0 Å². The molecule has 1 saturated heterocycles. The lowest BCUT2D eigenvalue weighted by Crippen LogP contribution is -2.32. The Bertz CT molecular complexity index is 813. The van der Waals surface area contributed by atoms with Gasteiger partial charge in [0, 0.05) is 29.2 Å². The molecule has 0 saturated carbocycles. The standard InChI is InChI=1S/C18H17ClN2O2/c1-12-16(21-9-3-2-4-10-21)15(11-20)18(22)23-17(12)13-5-7-14(19)8-6-13/h5-8H,2-4,9-10H2,1H3. The molecule has 1 aliphatic rings. The Kier molecular flexibility index (Phi) is 4.40. The first kappa shape index (κ1) is 15.6. The SMILES string of the molecule is Cc1c(-c2ccc(Cl)cc2)oc(=O)c(C#N)c1N1CCCCC1. The van der Waals surface area contributed by atoms with Crippen LogP contribution in [-0.2, 0) is 0 Å². The van der Waals surface area contributed by atoms with E-state index in [-0.39, 0.29) is 5.56 Å². The fraction of sp³-hybridized carbons (Fsp3) is 0.333. The molecule has 0 unspecified atom stereocenters. The van der Waals surface area contributed by atoms with Crippen molar-refractivity contribution >= 4 is 17.3 Å². The number of hydrogen-bond donors (Lipinski definition) is 0. The number of nitriles is 1. The van der Waals surface area contributed by atoms with Gasteiger partial charge in [0.25, 0.3) is 0 Å². The van der Waals surface area contributed by atoms with E-state index in [9.17, 15) is 10.1 Å². The van der Waals surface area contributed by atoms with Crippen molar-refractivity contribution in [3.05, 3.63) is 50.8 Å². The highest BCUT2D eigenvalue weighted by Crippen LogP contribution is 2.33. The van der Waals surface area contributed by atoms with E-state index in [1.54, 1.807) is 12.1 Å². The van der Waals surface area contributed by atoms with E-state index in [1.165, 1.54) is 6.42 Å². The average Bonchev–Trinajstić information content (AvgIpc) is 2.58. The summed E-state index contributed by atoms with van der Waals surface area (Å²) in [6, 6.07) is 9.18. The summed E-state index contributed by atoms with van der Waals surface area (Å²) in [6.45, 7) is 3.62. The van der Waals surface area contributed by atoms with Crippen LogP contribution in [0.25, 0.3) is 11.3 Å². The summed E-state index contributed by atoms with van der Waals surface area (Å²) >= 11 is 5.93. The van der Waals surface area contributed by atoms with Gasteiger partial charge >= 0.3 is 5.63 Å². The van der Waals surface area contributed by atoms with E-state index in [0.717, 1.165) is 37.1 Å². The first-order valence-corrected chi connectivity index (χ1v) is 8.08. The number of halogens is 1. The van der Waals surface area contributed by atoms with Gasteiger partial charge in [-0.15, -0.1) is 0 Å². The van der Waals surface area contributed by atoms with Crippen LogP contribution in [0.3, 0.4) is 0 Å². The summed E-state index contributed by atoms with van der Waals surface area (Å²) in [5.41, 5.74) is 1.84. The lowest BCUT2D eigenvalue weighted by molar-refractivity contribution is 0.515. The monoisotopic (exact) mass is 328 g/mol. The van der Waals surface area contributed by atoms with Crippen LogP contribution < -0.4 is 10.5 Å². The van der Waals surface area contributed by atoms with E-state index in [0.29, 0.717) is 16.5 Å². The fourth-order valence-corrected chi connectivity index (χ4v) is 3.23. The van der Waals surface area contributed by atoms with E-state index >= 15 is 0 Å². The summed E-state index contributed by atoms with van der Waals surface area (Å²) in [6.07, 6.45) is 3.32. The molecule has 3 rings (SSSR count). The van der Waals surface area contributed by atoms with Gasteiger partial charge in [-0.05, 0) is 50.5 Å². The molecule has 0 amide bonds. The van der Waals surface area contributed by atoms with Gasteiger partial charge < -0.3 is 9.32 Å². The summed E-state index contributed by atoms with van der Waals surface area (Å²) < 4.78 is 5.44. The molecule has 2 aromatic rings. The maximum atomic E-state index is 12.3. The van der Waals surface area contributed by atoms with Crippen LogP contribution in [0.4, 0.5) is 5.69 Å². The smallest absolute Gasteiger partial charge is 0.356 e. The summed E-state index contributed by atoms with van der Waals surface area (Å²) in [4.78, 5) is 14.4. The number of benzene rings is 1. The van der Waals surface area contributed by atoms with Gasteiger partial charge in [0.1, 0.15) is 11.8 Å². The average molecular weight is 329 g/mol. The van der Waals surface area contributed by atoms with Crippen molar-refractivity contribution in [3.8, 4) is 17.4 Å². The maximum absolute atomic E-state index is 12.3. The van der Waals surface area contributed by atoms with Crippen molar-refractivity contribution in [2.24, 2.45) is 0 Å². The molecule has 1 aliphatic heterocycles. The first-order chi connectivity index (χ1) is 11.1. The van der Waals surface area contributed by atoms with Gasteiger partial charge in [0.15, 0.2) is 5.56 Å². The maximum Gasteiger partial charge on any atom is 0.356 e. The largest absolute Gasteiger partial charge is 0.421 e. The second-order valence-corrected chi connectivity index (χ2v) is 6.17. The molecule has 0 radical (unpaired) electrons. The van der Waals surface area contributed by atoms with Gasteiger partial charge in [-0.25, -0.2) is 4.79 Å². The molecule has 5 heteroatoms. The molecule has 1 aromatic heterocycles. The van der Waals surface area contributed by atoms with Crippen molar-refractivity contribution in [1.82, 2.24) is 0 Å². The Hall–Kier alpha value is -2.25. The molecule has 1 aromatic carbocycles. The predicted molar refractivity (Wildman–Crippen MR) is 90.9 cm³/mol. The first-order valence-electron chi connectivity index (χ1n) is 7.70. The quantitative estimate of drug-likeness (QED) is 0.831. The van der Waals surface area contributed by atoms with Crippen molar-refractivity contribution in [3.63, 3.8) is 0 Å². The zero-order chi connectivity index (χ0) is 16.4. The molecule has 0 spiro atoms. The van der Waals surface area contributed by atoms with Crippen molar-refractivity contribution in [2.75, 3.05) is 18.0 Å². The van der Waals surface area contributed by atoms with Crippen LogP contribution in [0.1, 0.15) is 30.4 Å². The Labute approximate surface area is 139 Å². The molecule has 23 heavy (non-hydrogen) atoms. The highest BCUT2D eigenvalue weighted by molar-refractivity contribution is 6.30. The van der Waals surface area contributed by atoms with Crippen molar-refractivity contribution < 1.29 is 4.42 Å². The van der Waals surface area contributed by atoms with Crippen LogP contribution in [0.2, 0.25) is 5.02 Å². The summed E-state index contributed by atoms with van der Waals surface area (Å²) in [7, 11) is 0. The molecular weight excluding hydrogens is 312 g/mol. The third kappa shape index (κ3) is 2.97. The minimum Gasteiger partial charge on any atom is -0.421 e. The predicted octanol–water partition coefficient (Wildman–Crippen LogP) is 4.13. The minimum atomic E-state index is -0.580. The normalized spacial score (nSPS) is 14.6. The molecule has 0 bridgehead atoms. The van der Waals surface area contributed by atoms with Crippen molar-refractivity contribution in [2.45, 2.75) is 26.2 Å². The lowest BCUT2D eigenvalue weighted by atomic mass is 10.0. The number of piperidine rings is 1. The molecule has 118 valence electrons. The molecule has 0 N–H and O–H groups in total. The zero-order valence-electron chi connectivity index (χ0n) is 12.9. The van der Waals surface area contributed by atoms with Crippen LogP contribution in [0, 0.1) is 18.3 Å². The van der Waals surface area contributed by atoms with Crippen LogP contribution in [-0.4, -0.2) is 13.1 Å². The topological polar surface area (TPSA) is 57.2 Å². The Balaban J connectivity index is 2.19. The Morgan fingerprint density at radius 2 is 1.83 bits per heavy atom. The van der Waals surface area contributed by atoms with Crippen LogP contribution in [0.15, 0.2) is 33.5 Å². The van der Waals surface area contributed by atoms with E-state index in [1.807, 2.05) is 25.1 Å². The van der Waals surface area contributed by atoms with Gasteiger partial charge in [-0.2, -0.15) is 5.26 Å². The molecular formula is C18H17ClN2O2. The second kappa shape index (κ2) is 6.47. The summed E-state index contributed by atoms with van der Waals surface area (Å²) in [5, 5.41) is 10.0. The lowest BCUT2D eigenvalue weighted by Gasteiger charge is -2.30. The molecule has 0 aliphatic carbocycles. The summed E-state index contributed by atoms with van der Waals surface area (Å²) in [5.74, 6) is 0.506. The highest BCUT2D eigenvalue weighted by Gasteiger charge is 2.23. The van der Waals surface area contributed by atoms with Crippen molar-refractivity contribution in [1.29, 1.82) is 5.26 Å². The zero-order valence-corrected chi connectivity index (χ0v) is 13.7. The third-order valence-electron chi connectivity index (χ3n) is 4.22. The molecule has 1 fully saturated rings. The Morgan fingerprint density at radius 1 is 1.17 bits per heavy atom. The third-order valence-corrected chi connectivity index (χ3v) is 4.47. The second-order valence-electron chi connectivity index (χ2n) is 5.73. The van der Waals surface area contributed by atoms with Crippen LogP contribution >= 0.6 is 11.6 Å². The number of nitrogens with zero attached hydrogens (tertiary/aromatic N) is 2. The van der Waals surface area contributed by atoms with Gasteiger partial charge in [-0.3, -0.25) is 0 Å². The number of anilines is 1. The number of rotatable bonds is 2. The minimum absolute atomic E-state index is 0.0992. The highest BCUT2D eigenvalue weighted by atomic mass is 35.5. The Morgan fingerprint density at radius 3 is 2.43 bits per heavy atom. The van der Waals surface area contributed by atoms with Gasteiger partial charge in [-0.1, -0.05) is 11.6 Å². The van der Waals surface area contributed by atoms with E-state index in [4.69, 9.17) is 16.0 Å². The molecule has 4 nitrogen and oxygen atoms in total.